The summed E-state index contributed by atoms with van der Waals surface area (Å²) in [6.45, 7) is 3.13. The number of aryl methyl sites for hydroxylation is 1. The first-order chi connectivity index (χ1) is 13.6. The van der Waals surface area contributed by atoms with E-state index in [1.807, 2.05) is 6.07 Å². The van der Waals surface area contributed by atoms with Gasteiger partial charge in [-0.3, -0.25) is 0 Å². The van der Waals surface area contributed by atoms with E-state index in [0.717, 1.165) is 30.1 Å². The van der Waals surface area contributed by atoms with E-state index < -0.39 is 10.0 Å². The third-order valence-electron chi connectivity index (χ3n) is 5.67. The lowest BCUT2D eigenvalue weighted by Crippen LogP contribution is -2.38. The van der Waals surface area contributed by atoms with Gasteiger partial charge in [0.2, 0.25) is 10.0 Å². The zero-order valence-electron chi connectivity index (χ0n) is 15.4. The third-order valence-corrected chi connectivity index (χ3v) is 8.15. The fourth-order valence-electron chi connectivity index (χ4n) is 4.34. The highest BCUT2D eigenvalue weighted by Crippen LogP contribution is 2.37. The summed E-state index contributed by atoms with van der Waals surface area (Å²) in [6.07, 6.45) is 1.63. The van der Waals surface area contributed by atoms with Gasteiger partial charge in [-0.15, -0.1) is 0 Å². The van der Waals surface area contributed by atoms with Crippen molar-refractivity contribution in [1.29, 1.82) is 0 Å². The van der Waals surface area contributed by atoms with Gasteiger partial charge in [0.1, 0.15) is 15.9 Å². The molecule has 1 aliphatic rings. The van der Waals surface area contributed by atoms with Crippen LogP contribution < -0.4 is 0 Å². The molecular formula is C20H20N4O2S2. The lowest BCUT2D eigenvalue weighted by atomic mass is 9.88. The van der Waals surface area contributed by atoms with Gasteiger partial charge in [-0.1, -0.05) is 24.3 Å². The highest BCUT2D eigenvalue weighted by molar-refractivity contribution is 7.89. The molecule has 1 aliphatic heterocycles. The molecule has 4 aromatic rings. The first kappa shape index (κ1) is 17.8. The molecule has 5 rings (SSSR count). The van der Waals surface area contributed by atoms with Crippen molar-refractivity contribution >= 4 is 43.7 Å². The van der Waals surface area contributed by atoms with Crippen molar-refractivity contribution in [3.63, 3.8) is 0 Å². The largest absolute Gasteiger partial charge is 0.358 e. The van der Waals surface area contributed by atoms with Gasteiger partial charge < -0.3 is 4.98 Å². The van der Waals surface area contributed by atoms with Gasteiger partial charge in [-0.2, -0.15) is 13.1 Å². The number of nitrogens with one attached hydrogen (secondary N) is 1. The molecule has 8 heteroatoms. The van der Waals surface area contributed by atoms with Crippen LogP contribution in [0.25, 0.3) is 21.9 Å². The van der Waals surface area contributed by atoms with Crippen molar-refractivity contribution in [3.8, 4) is 0 Å². The molecule has 1 fully saturated rings. The molecule has 0 spiro atoms. The van der Waals surface area contributed by atoms with Crippen LogP contribution >= 0.6 is 11.7 Å². The van der Waals surface area contributed by atoms with Gasteiger partial charge in [0, 0.05) is 29.7 Å². The maximum atomic E-state index is 13.2. The smallest absolute Gasteiger partial charge is 0.245 e. The average Bonchev–Trinajstić information content (AvgIpc) is 3.31. The molecule has 0 saturated carbocycles. The minimum absolute atomic E-state index is 0.264. The summed E-state index contributed by atoms with van der Waals surface area (Å²) in [7, 11) is -3.57. The van der Waals surface area contributed by atoms with Gasteiger partial charge in [0.15, 0.2) is 0 Å². The van der Waals surface area contributed by atoms with Crippen LogP contribution in [0.4, 0.5) is 0 Å². The summed E-state index contributed by atoms with van der Waals surface area (Å²) in [5.74, 6) is 0.360. The molecule has 0 bridgehead atoms. The Hall–Kier alpha value is -2.29. The Balaban J connectivity index is 1.42. The van der Waals surface area contributed by atoms with Gasteiger partial charge in [-0.25, -0.2) is 8.42 Å². The van der Waals surface area contributed by atoms with Gasteiger partial charge in [0.25, 0.3) is 0 Å². The van der Waals surface area contributed by atoms with E-state index in [1.165, 1.54) is 16.6 Å². The number of H-pyrrole nitrogens is 1. The van der Waals surface area contributed by atoms with E-state index in [2.05, 4.69) is 38.9 Å². The Morgan fingerprint density at radius 3 is 2.68 bits per heavy atom. The zero-order chi connectivity index (χ0) is 19.3. The maximum Gasteiger partial charge on any atom is 0.245 e. The monoisotopic (exact) mass is 412 g/mol. The van der Waals surface area contributed by atoms with Crippen molar-refractivity contribution in [2.24, 2.45) is 0 Å². The van der Waals surface area contributed by atoms with E-state index >= 15 is 0 Å². The average molecular weight is 413 g/mol. The summed E-state index contributed by atoms with van der Waals surface area (Å²) < 4.78 is 36.4. The van der Waals surface area contributed by atoms with E-state index in [-0.39, 0.29) is 4.90 Å². The molecule has 28 heavy (non-hydrogen) atoms. The molecule has 0 amide bonds. The Labute approximate surface area is 167 Å². The number of fused-ring (bicyclic) bond motifs is 2. The second-order valence-electron chi connectivity index (χ2n) is 7.28. The molecule has 0 unspecified atom stereocenters. The van der Waals surface area contributed by atoms with Crippen molar-refractivity contribution in [3.05, 3.63) is 53.7 Å². The van der Waals surface area contributed by atoms with Crippen molar-refractivity contribution < 1.29 is 8.42 Å². The van der Waals surface area contributed by atoms with E-state index in [4.69, 9.17) is 0 Å². The first-order valence-corrected chi connectivity index (χ1v) is 11.5. The Morgan fingerprint density at radius 1 is 1.07 bits per heavy atom. The number of aromatic amines is 1. The second kappa shape index (κ2) is 6.65. The number of piperidine rings is 1. The quantitative estimate of drug-likeness (QED) is 0.551. The Kier molecular flexibility index (Phi) is 4.22. The van der Waals surface area contributed by atoms with Crippen LogP contribution in [0, 0.1) is 6.92 Å². The molecular weight excluding hydrogens is 392 g/mol. The lowest BCUT2D eigenvalue weighted by Gasteiger charge is -2.31. The molecule has 0 radical (unpaired) electrons. The first-order valence-electron chi connectivity index (χ1n) is 9.34. The summed E-state index contributed by atoms with van der Waals surface area (Å²) >= 11 is 1.04. The maximum absolute atomic E-state index is 13.2. The summed E-state index contributed by atoms with van der Waals surface area (Å²) in [5, 5.41) is 1.25. The number of nitrogens with zero attached hydrogens (tertiary/aromatic N) is 3. The van der Waals surface area contributed by atoms with Gasteiger partial charge in [0.05, 0.1) is 11.7 Å². The number of benzene rings is 2. The summed E-state index contributed by atoms with van der Waals surface area (Å²) in [4.78, 5) is 3.73. The summed E-state index contributed by atoms with van der Waals surface area (Å²) in [6, 6.07) is 13.5. The molecule has 0 aliphatic carbocycles. The molecule has 3 heterocycles. The van der Waals surface area contributed by atoms with Crippen LogP contribution in [0.1, 0.15) is 30.0 Å². The number of rotatable bonds is 3. The molecule has 2 aromatic carbocycles. The minimum Gasteiger partial charge on any atom is -0.358 e. The number of hydrogen-bond acceptors (Lipinski definition) is 5. The SMILES string of the molecule is Cc1[nH]c2ccccc2c1C1CCN(S(=O)(=O)c2cccc3nsnc23)CC1. The van der Waals surface area contributed by atoms with Crippen LogP contribution in [0.2, 0.25) is 0 Å². The Bertz CT molecular complexity index is 1270. The van der Waals surface area contributed by atoms with Crippen molar-refractivity contribution in [2.45, 2.75) is 30.6 Å². The fourth-order valence-corrected chi connectivity index (χ4v) is 6.56. The molecule has 0 atom stereocenters. The van der Waals surface area contributed by atoms with E-state index in [0.29, 0.717) is 30.0 Å². The highest BCUT2D eigenvalue weighted by atomic mass is 32.2. The van der Waals surface area contributed by atoms with Gasteiger partial charge in [-0.05, 0) is 49.4 Å². The van der Waals surface area contributed by atoms with Crippen molar-refractivity contribution in [2.75, 3.05) is 13.1 Å². The van der Waals surface area contributed by atoms with Crippen molar-refractivity contribution in [1.82, 2.24) is 18.0 Å². The molecule has 2 aromatic heterocycles. The predicted molar refractivity (Wildman–Crippen MR) is 111 cm³/mol. The molecule has 144 valence electrons. The van der Waals surface area contributed by atoms with Crippen LogP contribution in [0.5, 0.6) is 0 Å². The molecule has 1 saturated heterocycles. The zero-order valence-corrected chi connectivity index (χ0v) is 17.1. The van der Waals surface area contributed by atoms with Crippen LogP contribution in [-0.2, 0) is 10.0 Å². The molecule has 1 N–H and O–H groups in total. The minimum atomic E-state index is -3.57. The fraction of sp³-hybridized carbons (Fsp3) is 0.300. The van der Waals surface area contributed by atoms with Crippen LogP contribution in [0.15, 0.2) is 47.4 Å². The third kappa shape index (κ3) is 2.75. The highest BCUT2D eigenvalue weighted by Gasteiger charge is 2.33. The van der Waals surface area contributed by atoms with Crippen LogP contribution in [0.3, 0.4) is 0 Å². The number of hydrogen-bond donors (Lipinski definition) is 1. The van der Waals surface area contributed by atoms with E-state index in [9.17, 15) is 8.42 Å². The van der Waals surface area contributed by atoms with E-state index in [1.54, 1.807) is 22.5 Å². The number of sulfonamides is 1. The standard InChI is InChI=1S/C20H20N4O2S2/c1-13-19(15-5-2-3-6-16(15)21-13)14-9-11-24(12-10-14)28(25,26)18-8-4-7-17-20(18)23-27-22-17/h2-8,14,21H,9-12H2,1H3. The Morgan fingerprint density at radius 2 is 1.86 bits per heavy atom. The van der Waals surface area contributed by atoms with Gasteiger partial charge >= 0.3 is 0 Å². The number of para-hydroxylation sites is 1. The summed E-state index contributed by atoms with van der Waals surface area (Å²) in [5.41, 5.74) is 4.77. The second-order valence-corrected chi connectivity index (χ2v) is 9.71. The topological polar surface area (TPSA) is 79.0 Å². The predicted octanol–water partition coefficient (Wildman–Crippen LogP) is 4.05. The normalized spacial score (nSPS) is 16.9. The number of aromatic nitrogens is 3. The van der Waals surface area contributed by atoms with Crippen LogP contribution in [-0.4, -0.2) is 39.5 Å². The lowest BCUT2D eigenvalue weighted by molar-refractivity contribution is 0.320. The molecule has 6 nitrogen and oxygen atoms in total.